The molecule has 2 heteroatoms. The molecule has 0 unspecified atom stereocenters. The van der Waals surface area contributed by atoms with Crippen molar-refractivity contribution in [1.82, 2.24) is 0 Å². The molecular weight excluding hydrogens is 128 g/mol. The highest BCUT2D eigenvalue weighted by Gasteiger charge is 2.10. The Labute approximate surface area is 61.6 Å². The first-order chi connectivity index (χ1) is 4.59. The molecule has 0 aliphatic heterocycles. The number of Topliss-reactive ketones (excluding diaryl/α,β-unsaturated/α-hetero) is 1. The second-order valence-electron chi connectivity index (χ2n) is 2.39. The maximum absolute atomic E-state index is 10.6. The molecule has 0 heterocycles. The van der Waals surface area contributed by atoms with E-state index in [1.807, 2.05) is 6.92 Å². The monoisotopic (exact) mass is 142 g/mol. The van der Waals surface area contributed by atoms with Crippen LogP contribution in [-0.2, 0) is 4.79 Å². The molecule has 0 aliphatic rings. The Kier molecular flexibility index (Phi) is 3.96. The van der Waals surface area contributed by atoms with Crippen molar-refractivity contribution in [2.45, 2.75) is 32.8 Å². The molecule has 0 aliphatic carbocycles. The Balaban J connectivity index is 3.82. The van der Waals surface area contributed by atoms with Crippen LogP contribution in [0.4, 0.5) is 0 Å². The molecule has 2 nitrogen and oxygen atoms in total. The fourth-order valence-corrected chi connectivity index (χ4v) is 0.682. The van der Waals surface area contributed by atoms with Crippen LogP contribution in [0.5, 0.6) is 0 Å². The SMILES string of the molecule is C=C(C(C)=O)[C@@H](O)CCC. The predicted octanol–water partition coefficient (Wildman–Crippen LogP) is 1.29. The highest BCUT2D eigenvalue weighted by Crippen LogP contribution is 2.06. The van der Waals surface area contributed by atoms with Gasteiger partial charge in [0.15, 0.2) is 5.78 Å². The van der Waals surface area contributed by atoms with E-state index in [2.05, 4.69) is 6.58 Å². The van der Waals surface area contributed by atoms with Gasteiger partial charge in [0.2, 0.25) is 0 Å². The lowest BCUT2D eigenvalue weighted by molar-refractivity contribution is -0.114. The third-order valence-electron chi connectivity index (χ3n) is 1.42. The quantitative estimate of drug-likeness (QED) is 0.600. The van der Waals surface area contributed by atoms with Crippen LogP contribution >= 0.6 is 0 Å². The lowest BCUT2D eigenvalue weighted by atomic mass is 10.0. The van der Waals surface area contributed by atoms with Crippen molar-refractivity contribution in [2.24, 2.45) is 0 Å². The largest absolute Gasteiger partial charge is 0.388 e. The summed E-state index contributed by atoms with van der Waals surface area (Å²) in [5, 5.41) is 9.17. The lowest BCUT2D eigenvalue weighted by Crippen LogP contribution is -2.14. The summed E-state index contributed by atoms with van der Waals surface area (Å²) < 4.78 is 0. The van der Waals surface area contributed by atoms with Gasteiger partial charge in [0.05, 0.1) is 6.10 Å². The fourth-order valence-electron chi connectivity index (χ4n) is 0.682. The van der Waals surface area contributed by atoms with Gasteiger partial charge in [0, 0.05) is 5.57 Å². The number of carbonyl (C=O) groups is 1. The molecule has 0 aromatic rings. The molecule has 0 rings (SSSR count). The minimum atomic E-state index is -0.637. The average molecular weight is 142 g/mol. The number of hydrogen-bond acceptors (Lipinski definition) is 2. The molecule has 0 aromatic carbocycles. The summed E-state index contributed by atoms with van der Waals surface area (Å²) in [6.45, 7) is 6.85. The van der Waals surface area contributed by atoms with E-state index in [-0.39, 0.29) is 5.78 Å². The van der Waals surface area contributed by atoms with Crippen LogP contribution < -0.4 is 0 Å². The first-order valence-electron chi connectivity index (χ1n) is 3.47. The minimum absolute atomic E-state index is 0.124. The molecule has 10 heavy (non-hydrogen) atoms. The van der Waals surface area contributed by atoms with Gasteiger partial charge in [-0.05, 0) is 13.3 Å². The summed E-state index contributed by atoms with van der Waals surface area (Å²) in [6, 6.07) is 0. The van der Waals surface area contributed by atoms with Gasteiger partial charge >= 0.3 is 0 Å². The molecule has 58 valence electrons. The number of aliphatic hydroxyl groups is 1. The maximum atomic E-state index is 10.6. The zero-order valence-corrected chi connectivity index (χ0v) is 6.55. The number of ketones is 1. The zero-order valence-electron chi connectivity index (χ0n) is 6.55. The normalized spacial score (nSPS) is 12.7. The van der Waals surface area contributed by atoms with Crippen LogP contribution in [-0.4, -0.2) is 17.0 Å². The van der Waals surface area contributed by atoms with Gasteiger partial charge in [-0.25, -0.2) is 0 Å². The van der Waals surface area contributed by atoms with Gasteiger partial charge in [-0.15, -0.1) is 0 Å². The van der Waals surface area contributed by atoms with E-state index in [1.165, 1.54) is 6.92 Å². The number of hydrogen-bond donors (Lipinski definition) is 1. The van der Waals surface area contributed by atoms with E-state index in [4.69, 9.17) is 5.11 Å². The van der Waals surface area contributed by atoms with Crippen molar-refractivity contribution in [3.8, 4) is 0 Å². The van der Waals surface area contributed by atoms with Crippen LogP contribution in [0.25, 0.3) is 0 Å². The van der Waals surface area contributed by atoms with Gasteiger partial charge in [0.25, 0.3) is 0 Å². The van der Waals surface area contributed by atoms with Crippen molar-refractivity contribution < 1.29 is 9.90 Å². The summed E-state index contributed by atoms with van der Waals surface area (Å²) in [5.74, 6) is -0.124. The number of carbonyl (C=O) groups excluding carboxylic acids is 1. The second-order valence-corrected chi connectivity index (χ2v) is 2.39. The summed E-state index contributed by atoms with van der Waals surface area (Å²) >= 11 is 0. The Morgan fingerprint density at radius 2 is 2.20 bits per heavy atom. The van der Waals surface area contributed by atoms with E-state index >= 15 is 0 Å². The predicted molar refractivity (Wildman–Crippen MR) is 40.7 cm³/mol. The van der Waals surface area contributed by atoms with Crippen LogP contribution in [0.15, 0.2) is 12.2 Å². The molecule has 0 fully saturated rings. The van der Waals surface area contributed by atoms with E-state index < -0.39 is 6.10 Å². The second kappa shape index (κ2) is 4.23. The zero-order chi connectivity index (χ0) is 8.15. The van der Waals surface area contributed by atoms with Gasteiger partial charge in [-0.3, -0.25) is 4.79 Å². The van der Waals surface area contributed by atoms with Crippen molar-refractivity contribution in [1.29, 1.82) is 0 Å². The van der Waals surface area contributed by atoms with Crippen molar-refractivity contribution in [2.75, 3.05) is 0 Å². The third kappa shape index (κ3) is 2.78. The lowest BCUT2D eigenvalue weighted by Gasteiger charge is -2.08. The molecule has 0 radical (unpaired) electrons. The average Bonchev–Trinajstić information content (AvgIpc) is 1.87. The fraction of sp³-hybridized carbons (Fsp3) is 0.625. The molecule has 0 bridgehead atoms. The van der Waals surface area contributed by atoms with Crippen molar-refractivity contribution >= 4 is 5.78 Å². The Morgan fingerprint density at radius 1 is 1.70 bits per heavy atom. The molecule has 1 atom stereocenters. The summed E-state index contributed by atoms with van der Waals surface area (Å²) in [5.41, 5.74) is 0.321. The number of aliphatic hydroxyl groups excluding tert-OH is 1. The Hall–Kier alpha value is -0.630. The highest BCUT2D eigenvalue weighted by molar-refractivity contribution is 5.93. The molecule has 0 amide bonds. The first-order valence-corrected chi connectivity index (χ1v) is 3.47. The maximum Gasteiger partial charge on any atom is 0.157 e. The number of rotatable bonds is 4. The van der Waals surface area contributed by atoms with Crippen LogP contribution in [0.2, 0.25) is 0 Å². The van der Waals surface area contributed by atoms with Gasteiger partial charge in [-0.2, -0.15) is 0 Å². The van der Waals surface area contributed by atoms with Gasteiger partial charge < -0.3 is 5.11 Å². The molecule has 0 saturated heterocycles. The topological polar surface area (TPSA) is 37.3 Å². The van der Waals surface area contributed by atoms with Crippen LogP contribution in [0.3, 0.4) is 0 Å². The van der Waals surface area contributed by atoms with E-state index in [0.29, 0.717) is 12.0 Å². The van der Waals surface area contributed by atoms with Crippen molar-refractivity contribution in [3.63, 3.8) is 0 Å². The summed E-state index contributed by atoms with van der Waals surface area (Å²) in [7, 11) is 0. The first kappa shape index (κ1) is 9.37. The standard InChI is InChI=1S/C8H14O2/c1-4-5-8(10)6(2)7(3)9/h8,10H,2,4-5H2,1,3H3/t8-/m0/s1. The van der Waals surface area contributed by atoms with E-state index in [9.17, 15) is 4.79 Å². The van der Waals surface area contributed by atoms with Crippen LogP contribution in [0.1, 0.15) is 26.7 Å². The third-order valence-corrected chi connectivity index (χ3v) is 1.42. The smallest absolute Gasteiger partial charge is 0.157 e. The Bertz CT molecular complexity index is 138. The van der Waals surface area contributed by atoms with Gasteiger partial charge in [0.1, 0.15) is 0 Å². The molecule has 0 spiro atoms. The summed E-state index contributed by atoms with van der Waals surface area (Å²) in [6.07, 6.45) is 0.855. The molecule has 1 N–H and O–H groups in total. The Morgan fingerprint density at radius 3 is 2.50 bits per heavy atom. The van der Waals surface area contributed by atoms with Crippen molar-refractivity contribution in [3.05, 3.63) is 12.2 Å². The van der Waals surface area contributed by atoms with Gasteiger partial charge in [-0.1, -0.05) is 19.9 Å². The van der Waals surface area contributed by atoms with E-state index in [1.54, 1.807) is 0 Å². The minimum Gasteiger partial charge on any atom is -0.388 e. The van der Waals surface area contributed by atoms with Crippen LogP contribution in [0, 0.1) is 0 Å². The molecule has 0 saturated carbocycles. The molecular formula is C8H14O2. The molecule has 0 aromatic heterocycles. The summed E-state index contributed by atoms with van der Waals surface area (Å²) in [4.78, 5) is 10.6. The highest BCUT2D eigenvalue weighted by atomic mass is 16.3. The van der Waals surface area contributed by atoms with E-state index in [0.717, 1.165) is 6.42 Å².